The van der Waals surface area contributed by atoms with Crippen LogP contribution in [0.3, 0.4) is 0 Å². The van der Waals surface area contributed by atoms with Crippen LogP contribution in [0, 0.1) is 5.82 Å². The molecule has 3 aromatic rings. The first-order valence-electron chi connectivity index (χ1n) is 9.52. The number of rotatable bonds is 6. The zero-order valence-electron chi connectivity index (χ0n) is 16.2. The number of halogens is 2. The van der Waals surface area contributed by atoms with Gasteiger partial charge in [-0.2, -0.15) is 5.10 Å². The van der Waals surface area contributed by atoms with Gasteiger partial charge in [0.25, 0.3) is 0 Å². The average molecular weight is 417 g/mol. The van der Waals surface area contributed by atoms with Gasteiger partial charge in [-0.25, -0.2) is 23.1 Å². The smallest absolute Gasteiger partial charge is 0.341 e. The maximum atomic E-state index is 14.5. The quantitative estimate of drug-likeness (QED) is 0.635. The highest BCUT2D eigenvalue weighted by Crippen LogP contribution is 2.41. The predicted molar refractivity (Wildman–Crippen MR) is 105 cm³/mol. The van der Waals surface area contributed by atoms with Gasteiger partial charge < -0.3 is 20.5 Å². The van der Waals surface area contributed by atoms with Crippen molar-refractivity contribution in [3.05, 3.63) is 53.6 Å². The summed E-state index contributed by atoms with van der Waals surface area (Å²) < 4.78 is 35.7. The van der Waals surface area contributed by atoms with Crippen LogP contribution in [-0.2, 0) is 0 Å². The van der Waals surface area contributed by atoms with Gasteiger partial charge in [0.2, 0.25) is 0 Å². The van der Waals surface area contributed by atoms with Crippen molar-refractivity contribution in [1.82, 2.24) is 14.6 Å². The summed E-state index contributed by atoms with van der Waals surface area (Å²) in [6, 6.07) is 5.20. The van der Waals surface area contributed by atoms with Gasteiger partial charge >= 0.3 is 5.97 Å². The van der Waals surface area contributed by atoms with Crippen molar-refractivity contribution < 1.29 is 23.4 Å². The number of fused-ring (bicyclic) bond motifs is 1. The standard InChI is InChI=1S/C20H21F2N5O3/c1-11(8-23)30-17-3-2-12(21)6-14(17)16-7-13(22)10-26(16)18-4-5-27-19(25-18)15(9-24-27)20(28)29/h2-6,9,11,13,16H,7-8,10,23H2,1H3,(H,28,29)/t11-,13-,16+/m0/s1. The van der Waals surface area contributed by atoms with Gasteiger partial charge in [-0.3, -0.25) is 0 Å². The maximum absolute atomic E-state index is 14.5. The number of hydrogen-bond donors (Lipinski definition) is 2. The minimum Gasteiger partial charge on any atom is -0.489 e. The van der Waals surface area contributed by atoms with Crippen molar-refractivity contribution in [2.45, 2.75) is 31.7 Å². The van der Waals surface area contributed by atoms with Crippen LogP contribution in [0.1, 0.15) is 35.3 Å². The van der Waals surface area contributed by atoms with E-state index in [1.807, 2.05) is 0 Å². The number of alkyl halides is 1. The third kappa shape index (κ3) is 3.65. The molecule has 8 nitrogen and oxygen atoms in total. The number of carbonyl (C=O) groups is 1. The number of carboxylic acids is 1. The number of aromatic nitrogens is 3. The minimum absolute atomic E-state index is 0.0345. The van der Waals surface area contributed by atoms with Crippen LogP contribution in [0.5, 0.6) is 5.75 Å². The molecule has 3 N–H and O–H groups in total. The average Bonchev–Trinajstić information content (AvgIpc) is 3.32. The molecule has 4 rings (SSSR count). The molecule has 0 unspecified atom stereocenters. The summed E-state index contributed by atoms with van der Waals surface area (Å²) in [5, 5.41) is 13.3. The lowest BCUT2D eigenvalue weighted by molar-refractivity contribution is 0.0698. The first-order valence-corrected chi connectivity index (χ1v) is 9.52. The largest absolute Gasteiger partial charge is 0.489 e. The molecule has 1 aromatic carbocycles. The summed E-state index contributed by atoms with van der Waals surface area (Å²) in [5.41, 5.74) is 6.22. The van der Waals surface area contributed by atoms with E-state index < -0.39 is 24.0 Å². The Balaban J connectivity index is 1.76. The van der Waals surface area contributed by atoms with Crippen molar-refractivity contribution in [1.29, 1.82) is 0 Å². The summed E-state index contributed by atoms with van der Waals surface area (Å²) in [6.45, 7) is 2.10. The molecule has 1 saturated heterocycles. The molecule has 0 bridgehead atoms. The highest BCUT2D eigenvalue weighted by Gasteiger charge is 2.36. The topological polar surface area (TPSA) is 106 Å². The highest BCUT2D eigenvalue weighted by atomic mass is 19.1. The van der Waals surface area contributed by atoms with E-state index in [1.165, 1.54) is 28.9 Å². The molecule has 0 saturated carbocycles. The molecular weight excluding hydrogens is 396 g/mol. The number of nitrogens with two attached hydrogens (primary N) is 1. The Morgan fingerprint density at radius 2 is 2.23 bits per heavy atom. The molecule has 30 heavy (non-hydrogen) atoms. The van der Waals surface area contributed by atoms with Crippen LogP contribution in [0.4, 0.5) is 14.6 Å². The molecule has 1 aliphatic rings. The Bertz CT molecular complexity index is 1090. The van der Waals surface area contributed by atoms with Gasteiger partial charge in [0.05, 0.1) is 18.8 Å². The lowest BCUT2D eigenvalue weighted by atomic mass is 10.0. The lowest BCUT2D eigenvalue weighted by Gasteiger charge is -2.28. The second-order valence-corrected chi connectivity index (χ2v) is 7.26. The zero-order valence-corrected chi connectivity index (χ0v) is 16.2. The van der Waals surface area contributed by atoms with Gasteiger partial charge in [0.1, 0.15) is 35.2 Å². The summed E-state index contributed by atoms with van der Waals surface area (Å²) in [7, 11) is 0. The van der Waals surface area contributed by atoms with Crippen LogP contribution < -0.4 is 15.4 Å². The fraction of sp³-hybridized carbons (Fsp3) is 0.350. The molecule has 0 radical (unpaired) electrons. The molecule has 1 aliphatic heterocycles. The van der Waals surface area contributed by atoms with E-state index in [0.717, 1.165) is 0 Å². The second-order valence-electron chi connectivity index (χ2n) is 7.26. The van der Waals surface area contributed by atoms with Crippen LogP contribution in [0.2, 0.25) is 0 Å². The van der Waals surface area contributed by atoms with Gasteiger partial charge in [0.15, 0.2) is 5.65 Å². The Hall–Kier alpha value is -3.27. The summed E-state index contributed by atoms with van der Waals surface area (Å²) in [5.74, 6) is -0.826. The Kier molecular flexibility index (Phi) is 5.25. The fourth-order valence-electron chi connectivity index (χ4n) is 3.65. The Morgan fingerprint density at radius 3 is 2.97 bits per heavy atom. The van der Waals surface area contributed by atoms with E-state index in [4.69, 9.17) is 10.5 Å². The van der Waals surface area contributed by atoms with Gasteiger partial charge in [0, 0.05) is 24.7 Å². The summed E-state index contributed by atoms with van der Waals surface area (Å²) in [6.07, 6.45) is 1.42. The predicted octanol–water partition coefficient (Wildman–Crippen LogP) is 2.58. The van der Waals surface area contributed by atoms with Crippen LogP contribution in [0.15, 0.2) is 36.7 Å². The molecule has 158 valence electrons. The van der Waals surface area contributed by atoms with Crippen LogP contribution in [-0.4, -0.2) is 51.0 Å². The van der Waals surface area contributed by atoms with Gasteiger partial charge in [-0.05, 0) is 31.2 Å². The van der Waals surface area contributed by atoms with Crippen molar-refractivity contribution >= 4 is 17.4 Å². The first-order chi connectivity index (χ1) is 14.4. The van der Waals surface area contributed by atoms with E-state index in [9.17, 15) is 18.7 Å². The number of benzene rings is 1. The molecule has 0 aliphatic carbocycles. The SMILES string of the molecule is C[C@@H](CN)Oc1ccc(F)cc1[C@H]1C[C@H](F)CN1c1ccn2ncc(C(=O)O)c2n1. The molecule has 3 atom stereocenters. The number of nitrogens with zero attached hydrogens (tertiary/aromatic N) is 4. The molecule has 0 spiro atoms. The molecule has 3 heterocycles. The number of aromatic carboxylic acids is 1. The third-order valence-corrected chi connectivity index (χ3v) is 5.12. The van der Waals surface area contributed by atoms with E-state index in [2.05, 4.69) is 10.1 Å². The molecule has 2 aromatic heterocycles. The second kappa shape index (κ2) is 7.86. The first kappa shape index (κ1) is 20.0. The Labute approximate surface area is 170 Å². The molecule has 10 heteroatoms. The van der Waals surface area contributed by atoms with Gasteiger partial charge in [-0.1, -0.05) is 0 Å². The lowest BCUT2D eigenvalue weighted by Crippen LogP contribution is -2.27. The van der Waals surface area contributed by atoms with E-state index in [-0.39, 0.29) is 36.8 Å². The number of carboxylic acid groups (broad SMARTS) is 1. The monoisotopic (exact) mass is 417 g/mol. The molecule has 0 amide bonds. The van der Waals surface area contributed by atoms with Crippen molar-refractivity contribution in [3.63, 3.8) is 0 Å². The van der Waals surface area contributed by atoms with E-state index in [0.29, 0.717) is 17.1 Å². The number of hydrogen-bond acceptors (Lipinski definition) is 6. The maximum Gasteiger partial charge on any atom is 0.341 e. The van der Waals surface area contributed by atoms with Gasteiger partial charge in [-0.15, -0.1) is 0 Å². The highest BCUT2D eigenvalue weighted by molar-refractivity contribution is 5.94. The molecule has 1 fully saturated rings. The number of anilines is 1. The third-order valence-electron chi connectivity index (χ3n) is 5.12. The normalized spacial score (nSPS) is 19.9. The Morgan fingerprint density at radius 1 is 1.43 bits per heavy atom. The summed E-state index contributed by atoms with van der Waals surface area (Å²) in [4.78, 5) is 17.5. The van der Waals surface area contributed by atoms with Crippen LogP contribution >= 0.6 is 0 Å². The van der Waals surface area contributed by atoms with Crippen LogP contribution in [0.25, 0.3) is 5.65 Å². The van der Waals surface area contributed by atoms with Crippen molar-refractivity contribution in [3.8, 4) is 5.75 Å². The fourth-order valence-corrected chi connectivity index (χ4v) is 3.65. The van der Waals surface area contributed by atoms with E-state index >= 15 is 0 Å². The minimum atomic E-state index is -1.17. The summed E-state index contributed by atoms with van der Waals surface area (Å²) >= 11 is 0. The van der Waals surface area contributed by atoms with E-state index in [1.54, 1.807) is 24.1 Å². The van der Waals surface area contributed by atoms with Crippen molar-refractivity contribution in [2.24, 2.45) is 5.73 Å². The number of ether oxygens (including phenoxy) is 1. The molecular formula is C20H21F2N5O3. The zero-order chi connectivity index (χ0) is 21.4. The van der Waals surface area contributed by atoms with Crippen molar-refractivity contribution in [2.75, 3.05) is 18.0 Å².